The van der Waals surface area contributed by atoms with E-state index in [1.165, 1.54) is 11.1 Å². The van der Waals surface area contributed by atoms with Crippen LogP contribution in [0, 0.1) is 0 Å². The van der Waals surface area contributed by atoms with E-state index < -0.39 is 10.0 Å². The van der Waals surface area contributed by atoms with Crippen molar-refractivity contribution < 1.29 is 13.2 Å². The van der Waals surface area contributed by atoms with Crippen LogP contribution in [-0.4, -0.2) is 49.8 Å². The second-order valence-electron chi connectivity index (χ2n) is 3.66. The van der Waals surface area contributed by atoms with Crippen LogP contribution in [0.5, 0.6) is 0 Å². The van der Waals surface area contributed by atoms with Gasteiger partial charge in [-0.3, -0.25) is 4.79 Å². The van der Waals surface area contributed by atoms with E-state index in [4.69, 9.17) is 0 Å². The standard InChI is InChI=1S/C9H16N4O3S/c1-4-7-10-5-8(12-7)17(15,16)11-6-9(14)13(2)3/h5,11H,4,6H2,1-3H3,(H,10,12). The molecule has 0 aliphatic rings. The van der Waals surface area contributed by atoms with Gasteiger partial charge in [0.25, 0.3) is 10.0 Å². The van der Waals surface area contributed by atoms with E-state index in [-0.39, 0.29) is 17.5 Å². The second kappa shape index (κ2) is 5.28. The van der Waals surface area contributed by atoms with Crippen LogP contribution in [0.25, 0.3) is 0 Å². The lowest BCUT2D eigenvalue weighted by Crippen LogP contribution is -2.36. The predicted molar refractivity (Wildman–Crippen MR) is 61.8 cm³/mol. The Bertz CT molecular complexity index is 492. The van der Waals surface area contributed by atoms with E-state index in [0.717, 1.165) is 0 Å². The molecule has 7 nitrogen and oxygen atoms in total. The van der Waals surface area contributed by atoms with Crippen LogP contribution in [0.4, 0.5) is 0 Å². The van der Waals surface area contributed by atoms with Crippen molar-refractivity contribution in [2.24, 2.45) is 0 Å². The maximum atomic E-state index is 11.7. The van der Waals surface area contributed by atoms with E-state index in [9.17, 15) is 13.2 Å². The molecule has 0 aromatic carbocycles. The zero-order valence-electron chi connectivity index (χ0n) is 10.0. The fraction of sp³-hybridized carbons (Fsp3) is 0.556. The van der Waals surface area contributed by atoms with E-state index >= 15 is 0 Å². The Labute approximate surface area is 100 Å². The molecule has 0 saturated carbocycles. The van der Waals surface area contributed by atoms with Crippen molar-refractivity contribution in [2.75, 3.05) is 20.6 Å². The molecule has 8 heteroatoms. The summed E-state index contributed by atoms with van der Waals surface area (Å²) >= 11 is 0. The molecule has 0 bridgehead atoms. The minimum atomic E-state index is -3.69. The van der Waals surface area contributed by atoms with Crippen molar-refractivity contribution in [2.45, 2.75) is 18.4 Å². The largest absolute Gasteiger partial charge is 0.348 e. The second-order valence-corrected chi connectivity index (χ2v) is 5.40. The summed E-state index contributed by atoms with van der Waals surface area (Å²) in [4.78, 5) is 19.1. The quantitative estimate of drug-likeness (QED) is 0.734. The molecule has 1 rings (SSSR count). The Kier molecular flexibility index (Phi) is 4.24. The molecule has 0 atom stereocenters. The average molecular weight is 260 g/mol. The Balaban J connectivity index is 2.72. The number of carbonyl (C=O) groups excluding carboxylic acids is 1. The molecule has 1 heterocycles. The Hall–Kier alpha value is -1.41. The first-order chi connectivity index (χ1) is 7.86. The first-order valence-corrected chi connectivity index (χ1v) is 6.59. The highest BCUT2D eigenvalue weighted by molar-refractivity contribution is 7.89. The van der Waals surface area contributed by atoms with Crippen molar-refractivity contribution >= 4 is 15.9 Å². The van der Waals surface area contributed by atoms with Crippen LogP contribution in [0.15, 0.2) is 11.2 Å². The number of carbonyl (C=O) groups is 1. The average Bonchev–Trinajstić information content (AvgIpc) is 2.75. The SMILES string of the molecule is CCc1ncc(S(=O)(=O)NCC(=O)N(C)C)[nH]1. The minimum absolute atomic E-state index is 0.0269. The Morgan fingerprint density at radius 3 is 2.65 bits per heavy atom. The highest BCUT2D eigenvalue weighted by Crippen LogP contribution is 2.05. The lowest BCUT2D eigenvalue weighted by Gasteiger charge is -2.10. The maximum absolute atomic E-state index is 11.7. The predicted octanol–water partition coefficient (Wildman–Crippen LogP) is -0.661. The van der Waals surface area contributed by atoms with Crippen LogP contribution in [-0.2, 0) is 21.2 Å². The monoisotopic (exact) mass is 260 g/mol. The number of amides is 1. The minimum Gasteiger partial charge on any atom is -0.348 e. The first-order valence-electron chi connectivity index (χ1n) is 5.10. The number of rotatable bonds is 5. The van der Waals surface area contributed by atoms with Gasteiger partial charge >= 0.3 is 0 Å². The molecule has 0 unspecified atom stereocenters. The van der Waals surface area contributed by atoms with Crippen molar-refractivity contribution in [3.8, 4) is 0 Å². The molecule has 0 fully saturated rings. The molecule has 2 N–H and O–H groups in total. The van der Waals surface area contributed by atoms with Crippen molar-refractivity contribution in [1.82, 2.24) is 19.6 Å². The van der Waals surface area contributed by atoms with E-state index in [1.807, 2.05) is 6.92 Å². The number of aromatic nitrogens is 2. The molecule has 0 aliphatic carbocycles. The van der Waals surface area contributed by atoms with Gasteiger partial charge in [-0.15, -0.1) is 0 Å². The zero-order valence-corrected chi connectivity index (χ0v) is 10.8. The van der Waals surface area contributed by atoms with Crippen molar-refractivity contribution in [3.05, 3.63) is 12.0 Å². The lowest BCUT2D eigenvalue weighted by molar-refractivity contribution is -0.127. The van der Waals surface area contributed by atoms with Gasteiger partial charge in [0.15, 0.2) is 5.03 Å². The van der Waals surface area contributed by atoms with E-state index in [0.29, 0.717) is 12.2 Å². The molecule has 1 amide bonds. The molecule has 1 aromatic rings. The van der Waals surface area contributed by atoms with Crippen LogP contribution in [0.3, 0.4) is 0 Å². The molecule has 0 radical (unpaired) electrons. The first kappa shape index (κ1) is 13.7. The van der Waals surface area contributed by atoms with Gasteiger partial charge in [-0.25, -0.2) is 18.1 Å². The summed E-state index contributed by atoms with van der Waals surface area (Å²) in [6, 6.07) is 0. The Morgan fingerprint density at radius 2 is 2.18 bits per heavy atom. The zero-order chi connectivity index (χ0) is 13.1. The normalized spacial score (nSPS) is 11.5. The summed E-state index contributed by atoms with van der Waals surface area (Å²) in [5.74, 6) is 0.271. The van der Waals surface area contributed by atoms with Crippen LogP contribution < -0.4 is 4.72 Å². The van der Waals surface area contributed by atoms with Crippen molar-refractivity contribution in [3.63, 3.8) is 0 Å². The molecule has 96 valence electrons. The molecular formula is C9H16N4O3S. The molecule has 0 aliphatic heterocycles. The summed E-state index contributed by atoms with van der Waals surface area (Å²) < 4.78 is 25.7. The fourth-order valence-corrected chi connectivity index (χ4v) is 1.96. The third-order valence-corrected chi connectivity index (χ3v) is 3.45. The Morgan fingerprint density at radius 1 is 1.53 bits per heavy atom. The highest BCUT2D eigenvalue weighted by atomic mass is 32.2. The summed E-state index contributed by atoms with van der Waals surface area (Å²) in [5.41, 5.74) is 0. The van der Waals surface area contributed by atoms with Gasteiger partial charge in [0.1, 0.15) is 5.82 Å². The number of H-pyrrole nitrogens is 1. The van der Waals surface area contributed by atoms with Gasteiger partial charge < -0.3 is 9.88 Å². The van der Waals surface area contributed by atoms with Gasteiger partial charge in [-0.05, 0) is 0 Å². The van der Waals surface area contributed by atoms with Gasteiger partial charge in [0.2, 0.25) is 5.91 Å². The molecule has 0 saturated heterocycles. The highest BCUT2D eigenvalue weighted by Gasteiger charge is 2.18. The molecule has 0 spiro atoms. The smallest absolute Gasteiger partial charge is 0.258 e. The number of hydrogen-bond donors (Lipinski definition) is 2. The van der Waals surface area contributed by atoms with Crippen LogP contribution in [0.2, 0.25) is 0 Å². The fourth-order valence-electron chi connectivity index (χ4n) is 1.05. The number of likely N-dealkylation sites (N-methyl/N-ethyl adjacent to an activating group) is 1. The van der Waals surface area contributed by atoms with Gasteiger partial charge in [-0.1, -0.05) is 6.92 Å². The number of aromatic amines is 1. The van der Waals surface area contributed by atoms with E-state index in [1.54, 1.807) is 14.1 Å². The van der Waals surface area contributed by atoms with E-state index in [2.05, 4.69) is 14.7 Å². The topological polar surface area (TPSA) is 95.2 Å². The van der Waals surface area contributed by atoms with Crippen LogP contribution in [0.1, 0.15) is 12.7 Å². The number of nitrogens with zero attached hydrogens (tertiary/aromatic N) is 2. The van der Waals surface area contributed by atoms with Gasteiger partial charge in [0.05, 0.1) is 12.7 Å². The summed E-state index contributed by atoms with van der Waals surface area (Å²) in [6.45, 7) is 1.59. The number of sulfonamides is 1. The summed E-state index contributed by atoms with van der Waals surface area (Å²) in [7, 11) is -0.579. The third-order valence-electron chi connectivity index (χ3n) is 2.14. The molecule has 1 aromatic heterocycles. The summed E-state index contributed by atoms with van der Waals surface area (Å²) in [5, 5.41) is -0.0269. The third kappa shape index (κ3) is 3.53. The lowest BCUT2D eigenvalue weighted by atomic mass is 10.5. The van der Waals surface area contributed by atoms with Crippen LogP contribution >= 0.6 is 0 Å². The summed E-state index contributed by atoms with van der Waals surface area (Å²) in [6.07, 6.45) is 1.85. The number of hydrogen-bond acceptors (Lipinski definition) is 4. The number of aryl methyl sites for hydroxylation is 1. The maximum Gasteiger partial charge on any atom is 0.258 e. The molecular weight excluding hydrogens is 244 g/mol. The van der Waals surface area contributed by atoms with Gasteiger partial charge in [-0.2, -0.15) is 0 Å². The van der Waals surface area contributed by atoms with Gasteiger partial charge in [0, 0.05) is 20.5 Å². The number of nitrogens with one attached hydrogen (secondary N) is 2. The molecule has 17 heavy (non-hydrogen) atoms. The van der Waals surface area contributed by atoms with Crippen molar-refractivity contribution in [1.29, 1.82) is 0 Å². The number of imidazole rings is 1.